The van der Waals surface area contributed by atoms with Gasteiger partial charge in [-0.2, -0.15) is 4.98 Å². The van der Waals surface area contributed by atoms with Crippen LogP contribution in [0.5, 0.6) is 0 Å². The Hall–Kier alpha value is -2.41. The van der Waals surface area contributed by atoms with E-state index in [9.17, 15) is 0 Å². The Morgan fingerprint density at radius 1 is 1.27 bits per heavy atom. The summed E-state index contributed by atoms with van der Waals surface area (Å²) in [6.45, 7) is 6.92. The third-order valence-corrected chi connectivity index (χ3v) is 3.78. The van der Waals surface area contributed by atoms with Crippen LogP contribution in [0.25, 0.3) is 0 Å². The number of benzene rings is 1. The van der Waals surface area contributed by atoms with Crippen LogP contribution < -0.4 is 10.6 Å². The molecule has 0 bridgehead atoms. The quantitative estimate of drug-likeness (QED) is 0.385. The fourth-order valence-electron chi connectivity index (χ4n) is 2.39. The molecular formula is C19H29N5O2. The molecule has 1 unspecified atom stereocenters. The van der Waals surface area contributed by atoms with Crippen molar-refractivity contribution in [1.82, 2.24) is 20.8 Å². The second kappa shape index (κ2) is 11.3. The standard InChI is InChI=1S/C19H29N5O2/c1-15(13-25-14-17-8-5-4-6-9-17)12-22-19(20-3)21-11-7-10-18-23-16(2)24-26-18/h4-6,8-9,15H,7,10-14H2,1-3H3,(H2,20,21,22). The molecule has 7 heteroatoms. The predicted octanol–water partition coefficient (Wildman–Crippen LogP) is 2.33. The van der Waals surface area contributed by atoms with E-state index in [1.54, 1.807) is 7.05 Å². The Balaban J connectivity index is 1.55. The molecule has 0 radical (unpaired) electrons. The van der Waals surface area contributed by atoms with Gasteiger partial charge in [-0.1, -0.05) is 42.4 Å². The van der Waals surface area contributed by atoms with Crippen molar-refractivity contribution >= 4 is 5.96 Å². The summed E-state index contributed by atoms with van der Waals surface area (Å²) in [6, 6.07) is 10.2. The summed E-state index contributed by atoms with van der Waals surface area (Å²) in [6.07, 6.45) is 1.66. The van der Waals surface area contributed by atoms with Crippen molar-refractivity contribution in [3.63, 3.8) is 0 Å². The first-order chi connectivity index (χ1) is 12.7. The van der Waals surface area contributed by atoms with E-state index >= 15 is 0 Å². The number of nitrogens with zero attached hydrogens (tertiary/aromatic N) is 3. The summed E-state index contributed by atoms with van der Waals surface area (Å²) < 4.78 is 10.9. The second-order valence-corrected chi connectivity index (χ2v) is 6.32. The molecule has 0 aliphatic rings. The lowest BCUT2D eigenvalue weighted by Crippen LogP contribution is -2.40. The fraction of sp³-hybridized carbons (Fsp3) is 0.526. The maximum Gasteiger partial charge on any atom is 0.226 e. The van der Waals surface area contributed by atoms with E-state index in [4.69, 9.17) is 9.26 Å². The number of nitrogens with one attached hydrogen (secondary N) is 2. The number of rotatable bonds is 10. The van der Waals surface area contributed by atoms with E-state index in [0.29, 0.717) is 30.8 Å². The van der Waals surface area contributed by atoms with E-state index in [1.807, 2.05) is 25.1 Å². The minimum atomic E-state index is 0.388. The molecule has 0 spiro atoms. The van der Waals surface area contributed by atoms with Crippen molar-refractivity contribution in [2.24, 2.45) is 10.9 Å². The molecule has 1 aromatic heterocycles. The summed E-state index contributed by atoms with van der Waals surface area (Å²) in [5.41, 5.74) is 1.20. The number of aryl methyl sites for hydroxylation is 2. The highest BCUT2D eigenvalue weighted by Gasteiger charge is 2.06. The van der Waals surface area contributed by atoms with E-state index < -0.39 is 0 Å². The largest absolute Gasteiger partial charge is 0.376 e. The van der Waals surface area contributed by atoms with Crippen LogP contribution in [0, 0.1) is 12.8 Å². The minimum absolute atomic E-state index is 0.388. The van der Waals surface area contributed by atoms with Crippen LogP contribution in [-0.4, -0.2) is 42.8 Å². The van der Waals surface area contributed by atoms with Crippen LogP contribution in [0.4, 0.5) is 0 Å². The first kappa shape index (κ1) is 19.9. The molecule has 1 aromatic carbocycles. The topological polar surface area (TPSA) is 84.6 Å². The zero-order chi connectivity index (χ0) is 18.6. The summed E-state index contributed by atoms with van der Waals surface area (Å²) in [7, 11) is 1.77. The molecule has 0 fully saturated rings. The average Bonchev–Trinajstić information content (AvgIpc) is 3.07. The molecule has 0 saturated carbocycles. The molecule has 2 rings (SSSR count). The number of aromatic nitrogens is 2. The summed E-state index contributed by atoms with van der Waals surface area (Å²) >= 11 is 0. The zero-order valence-corrected chi connectivity index (χ0v) is 15.9. The number of ether oxygens (including phenoxy) is 1. The van der Waals surface area contributed by atoms with Crippen LogP contribution in [0.3, 0.4) is 0 Å². The van der Waals surface area contributed by atoms with Gasteiger partial charge in [-0.15, -0.1) is 0 Å². The molecule has 0 aliphatic heterocycles. The maximum atomic E-state index is 5.77. The smallest absolute Gasteiger partial charge is 0.226 e. The van der Waals surface area contributed by atoms with Crippen molar-refractivity contribution in [2.75, 3.05) is 26.7 Å². The van der Waals surface area contributed by atoms with Gasteiger partial charge in [0.25, 0.3) is 0 Å². The van der Waals surface area contributed by atoms with Gasteiger partial charge < -0.3 is 19.9 Å². The van der Waals surface area contributed by atoms with Crippen molar-refractivity contribution in [3.05, 3.63) is 47.6 Å². The minimum Gasteiger partial charge on any atom is -0.376 e. The summed E-state index contributed by atoms with van der Waals surface area (Å²) in [5.74, 6) is 2.53. The van der Waals surface area contributed by atoms with Crippen LogP contribution in [0.1, 0.15) is 30.6 Å². The normalized spacial score (nSPS) is 12.8. The Kier molecular flexibility index (Phi) is 8.62. The lowest BCUT2D eigenvalue weighted by molar-refractivity contribution is 0.0931. The number of aliphatic imine (C=N–C) groups is 1. The molecule has 0 aliphatic carbocycles. The predicted molar refractivity (Wildman–Crippen MR) is 102 cm³/mol. The van der Waals surface area contributed by atoms with Crippen LogP contribution in [0.2, 0.25) is 0 Å². The summed E-state index contributed by atoms with van der Waals surface area (Å²) in [4.78, 5) is 8.43. The third-order valence-electron chi connectivity index (χ3n) is 3.78. The third kappa shape index (κ3) is 7.65. The van der Waals surface area contributed by atoms with Crippen LogP contribution >= 0.6 is 0 Å². The Morgan fingerprint density at radius 2 is 2.08 bits per heavy atom. The molecule has 2 N–H and O–H groups in total. The maximum absolute atomic E-state index is 5.77. The Bertz CT molecular complexity index is 657. The molecule has 2 aromatic rings. The monoisotopic (exact) mass is 359 g/mol. The van der Waals surface area contributed by atoms with Crippen LogP contribution in [0.15, 0.2) is 39.8 Å². The Labute approximate surface area is 155 Å². The van der Waals surface area contributed by atoms with E-state index in [0.717, 1.165) is 31.9 Å². The van der Waals surface area contributed by atoms with Gasteiger partial charge in [-0.3, -0.25) is 4.99 Å². The SMILES string of the molecule is CN=C(NCCCc1nc(C)no1)NCC(C)COCc1ccccc1. The first-order valence-electron chi connectivity index (χ1n) is 9.02. The highest BCUT2D eigenvalue weighted by Crippen LogP contribution is 2.03. The Morgan fingerprint density at radius 3 is 2.77 bits per heavy atom. The van der Waals surface area contributed by atoms with Gasteiger partial charge in [0.15, 0.2) is 11.8 Å². The van der Waals surface area contributed by atoms with Gasteiger partial charge in [0, 0.05) is 26.6 Å². The van der Waals surface area contributed by atoms with E-state index in [2.05, 4.69) is 44.8 Å². The van der Waals surface area contributed by atoms with Crippen molar-refractivity contribution in [1.29, 1.82) is 0 Å². The molecule has 26 heavy (non-hydrogen) atoms. The molecule has 7 nitrogen and oxygen atoms in total. The highest BCUT2D eigenvalue weighted by atomic mass is 16.5. The van der Waals surface area contributed by atoms with Gasteiger partial charge >= 0.3 is 0 Å². The van der Waals surface area contributed by atoms with Gasteiger partial charge in [-0.05, 0) is 24.8 Å². The summed E-state index contributed by atoms with van der Waals surface area (Å²) in [5, 5.41) is 10.4. The number of hydrogen-bond acceptors (Lipinski definition) is 5. The lowest BCUT2D eigenvalue weighted by Gasteiger charge is -2.16. The molecule has 0 saturated heterocycles. The van der Waals surface area contributed by atoms with Gasteiger partial charge in [-0.25, -0.2) is 0 Å². The molecular weight excluding hydrogens is 330 g/mol. The van der Waals surface area contributed by atoms with Gasteiger partial charge in [0.1, 0.15) is 0 Å². The first-order valence-corrected chi connectivity index (χ1v) is 9.02. The van der Waals surface area contributed by atoms with Gasteiger partial charge in [0.2, 0.25) is 5.89 Å². The zero-order valence-electron chi connectivity index (χ0n) is 15.9. The van der Waals surface area contributed by atoms with Gasteiger partial charge in [0.05, 0.1) is 13.2 Å². The van der Waals surface area contributed by atoms with E-state index in [-0.39, 0.29) is 0 Å². The fourth-order valence-corrected chi connectivity index (χ4v) is 2.39. The number of guanidine groups is 1. The van der Waals surface area contributed by atoms with Crippen molar-refractivity contribution in [2.45, 2.75) is 33.3 Å². The van der Waals surface area contributed by atoms with Crippen LogP contribution in [-0.2, 0) is 17.8 Å². The molecule has 1 atom stereocenters. The van der Waals surface area contributed by atoms with Crippen molar-refractivity contribution in [3.8, 4) is 0 Å². The molecule has 1 heterocycles. The lowest BCUT2D eigenvalue weighted by atomic mass is 10.2. The second-order valence-electron chi connectivity index (χ2n) is 6.32. The average molecular weight is 359 g/mol. The van der Waals surface area contributed by atoms with Crippen molar-refractivity contribution < 1.29 is 9.26 Å². The highest BCUT2D eigenvalue weighted by molar-refractivity contribution is 5.79. The molecule has 0 amide bonds. The van der Waals surface area contributed by atoms with E-state index in [1.165, 1.54) is 5.56 Å². The molecule has 142 valence electrons. The number of hydrogen-bond donors (Lipinski definition) is 2.